The number of methoxy groups -OCH3 is 1. The Morgan fingerprint density at radius 2 is 1.74 bits per heavy atom. The lowest BCUT2D eigenvalue weighted by atomic mass is 10.0. The summed E-state index contributed by atoms with van der Waals surface area (Å²) >= 11 is 6.02. The fraction of sp³-hybridized carbons (Fsp3) is 0.414. The molecule has 0 unspecified atom stereocenters. The summed E-state index contributed by atoms with van der Waals surface area (Å²) in [6.45, 7) is 6.42. The third kappa shape index (κ3) is 10.3. The van der Waals surface area contributed by atoms with Crippen LogP contribution in [-0.2, 0) is 20.7 Å². The lowest BCUT2D eigenvalue weighted by molar-refractivity contribution is -0.192. The second-order valence-corrected chi connectivity index (χ2v) is 10.5. The van der Waals surface area contributed by atoms with Crippen LogP contribution in [0.25, 0.3) is 10.9 Å². The molecular weight excluding hydrogens is 579 g/mol. The number of hydrogen-bond donors (Lipinski definition) is 5. The Morgan fingerprint density at radius 1 is 1.10 bits per heavy atom. The van der Waals surface area contributed by atoms with Gasteiger partial charge in [-0.3, -0.25) is 4.79 Å². The topological polar surface area (TPSA) is 141 Å². The highest BCUT2D eigenvalue weighted by Crippen LogP contribution is 2.24. The molecule has 230 valence electrons. The van der Waals surface area contributed by atoms with E-state index in [1.54, 1.807) is 18.2 Å². The number of ether oxygens (including phenoxy) is 1. The Balaban J connectivity index is 0.000000782. The quantitative estimate of drug-likeness (QED) is 0.191. The van der Waals surface area contributed by atoms with E-state index in [0.29, 0.717) is 30.0 Å². The summed E-state index contributed by atoms with van der Waals surface area (Å²) in [6.07, 6.45) is -2.65. The van der Waals surface area contributed by atoms with Gasteiger partial charge in [-0.25, -0.2) is 9.59 Å². The van der Waals surface area contributed by atoms with E-state index >= 15 is 0 Å². The molecule has 0 aliphatic rings. The highest BCUT2D eigenvalue weighted by atomic mass is 35.5. The van der Waals surface area contributed by atoms with Gasteiger partial charge in [0.2, 0.25) is 0 Å². The van der Waals surface area contributed by atoms with Crippen LogP contribution in [0.2, 0.25) is 5.02 Å². The number of hydrogen-bond acceptors (Lipinski definition) is 6. The van der Waals surface area contributed by atoms with Crippen molar-refractivity contribution in [3.8, 4) is 0 Å². The van der Waals surface area contributed by atoms with Crippen molar-refractivity contribution >= 4 is 40.3 Å². The van der Waals surface area contributed by atoms with E-state index in [-0.39, 0.29) is 17.9 Å². The Hall–Kier alpha value is -3.61. The van der Waals surface area contributed by atoms with Gasteiger partial charge in [0.05, 0.1) is 24.3 Å². The number of rotatable bonds is 11. The number of aliphatic hydroxyl groups excluding tert-OH is 1. The number of carboxylic acid groups (broad SMARTS) is 1. The lowest BCUT2D eigenvalue weighted by Crippen LogP contribution is -2.42. The Morgan fingerprint density at radius 3 is 2.31 bits per heavy atom. The number of aliphatic carboxylic acids is 1. The van der Waals surface area contributed by atoms with Gasteiger partial charge in [-0.15, -0.1) is 0 Å². The predicted molar refractivity (Wildman–Crippen MR) is 152 cm³/mol. The van der Waals surface area contributed by atoms with Crippen LogP contribution >= 0.6 is 11.6 Å². The number of carboxylic acids is 1. The molecule has 0 radical (unpaired) electrons. The highest BCUT2D eigenvalue weighted by Gasteiger charge is 2.38. The van der Waals surface area contributed by atoms with Crippen molar-refractivity contribution in [3.63, 3.8) is 0 Å². The average Bonchev–Trinajstić information content (AvgIpc) is 3.33. The number of fused-ring (bicyclic) bond motifs is 1. The van der Waals surface area contributed by atoms with Gasteiger partial charge < -0.3 is 30.6 Å². The maximum absolute atomic E-state index is 13.1. The third-order valence-electron chi connectivity index (χ3n) is 6.21. The lowest BCUT2D eigenvalue weighted by Gasteiger charge is -2.18. The molecule has 9 nitrogen and oxygen atoms in total. The first-order valence-electron chi connectivity index (χ1n) is 13.1. The van der Waals surface area contributed by atoms with E-state index < -0.39 is 30.3 Å². The zero-order valence-electron chi connectivity index (χ0n) is 23.6. The van der Waals surface area contributed by atoms with Gasteiger partial charge in [0, 0.05) is 29.2 Å². The van der Waals surface area contributed by atoms with Crippen molar-refractivity contribution in [3.05, 3.63) is 70.4 Å². The first-order chi connectivity index (χ1) is 19.6. The molecule has 3 aromatic rings. The van der Waals surface area contributed by atoms with Gasteiger partial charge in [0.1, 0.15) is 6.04 Å². The van der Waals surface area contributed by atoms with Crippen LogP contribution < -0.4 is 10.6 Å². The first kappa shape index (κ1) is 34.6. The highest BCUT2D eigenvalue weighted by molar-refractivity contribution is 6.30. The van der Waals surface area contributed by atoms with Crippen LogP contribution in [0.15, 0.2) is 48.7 Å². The number of alkyl halides is 3. The normalized spacial score (nSPS) is 13.6. The van der Waals surface area contributed by atoms with E-state index in [1.807, 2.05) is 51.2 Å². The van der Waals surface area contributed by atoms with Gasteiger partial charge in [-0.1, -0.05) is 49.7 Å². The van der Waals surface area contributed by atoms with Crippen LogP contribution in [0.3, 0.4) is 0 Å². The molecule has 0 bridgehead atoms. The number of benzene rings is 2. The number of esters is 1. The molecule has 0 fully saturated rings. The van der Waals surface area contributed by atoms with Gasteiger partial charge in [-0.2, -0.15) is 13.2 Å². The minimum Gasteiger partial charge on any atom is -0.475 e. The van der Waals surface area contributed by atoms with Crippen molar-refractivity contribution in [1.29, 1.82) is 0 Å². The average molecular weight is 614 g/mol. The molecule has 13 heteroatoms. The number of aromatic amines is 1. The third-order valence-corrected chi connectivity index (χ3v) is 6.44. The van der Waals surface area contributed by atoms with E-state index in [4.69, 9.17) is 26.2 Å². The fourth-order valence-corrected chi connectivity index (χ4v) is 4.38. The number of aromatic nitrogens is 1. The molecule has 0 saturated carbocycles. The summed E-state index contributed by atoms with van der Waals surface area (Å²) in [7, 11) is 1.32. The molecule has 0 saturated heterocycles. The molecule has 42 heavy (non-hydrogen) atoms. The van der Waals surface area contributed by atoms with Crippen LogP contribution in [-0.4, -0.2) is 65.0 Å². The van der Waals surface area contributed by atoms with Crippen LogP contribution in [0.1, 0.15) is 54.8 Å². The molecule has 0 aliphatic carbocycles. The molecule has 3 atom stereocenters. The molecule has 1 aromatic heterocycles. The standard InChI is InChI=1S/C27H34ClN3O4.C2HF3O2/c1-16(2)11-23(27(34)35-4)31-26(33)22-10-6-9-21-19(14-30-25(21)22)12-17(3)29-15-24(32)18-7-5-8-20(28)13-18;3-2(4,5)1(6)7/h5-10,13-14,16-17,23-24,29-30,32H,11-12,15H2,1-4H3,(H,31,33);(H,6,7)/t17-,23+,24+;/m1./s1. The second-order valence-electron chi connectivity index (χ2n) is 10.1. The summed E-state index contributed by atoms with van der Waals surface area (Å²) in [4.78, 5) is 37.3. The zero-order chi connectivity index (χ0) is 31.6. The van der Waals surface area contributed by atoms with E-state index in [1.165, 1.54) is 7.11 Å². The van der Waals surface area contributed by atoms with Crippen LogP contribution in [0.4, 0.5) is 13.2 Å². The molecule has 2 aromatic carbocycles. The van der Waals surface area contributed by atoms with Crippen molar-refractivity contribution in [1.82, 2.24) is 15.6 Å². The second kappa shape index (κ2) is 15.6. The van der Waals surface area contributed by atoms with Crippen molar-refractivity contribution in [2.24, 2.45) is 5.92 Å². The first-order valence-corrected chi connectivity index (χ1v) is 13.5. The summed E-state index contributed by atoms with van der Waals surface area (Å²) in [5.74, 6) is -3.31. The molecule has 0 spiro atoms. The molecule has 5 N–H and O–H groups in total. The summed E-state index contributed by atoms with van der Waals surface area (Å²) in [5, 5.41) is 25.3. The van der Waals surface area contributed by atoms with Gasteiger partial charge in [-0.05, 0) is 55.0 Å². The number of carbonyl (C=O) groups is 3. The van der Waals surface area contributed by atoms with Crippen molar-refractivity contribution in [2.45, 2.75) is 58.0 Å². The van der Waals surface area contributed by atoms with Crippen LogP contribution in [0, 0.1) is 5.92 Å². The largest absolute Gasteiger partial charge is 0.490 e. The maximum Gasteiger partial charge on any atom is 0.490 e. The van der Waals surface area contributed by atoms with Crippen molar-refractivity contribution < 1.29 is 42.5 Å². The number of amides is 1. The Kier molecular flexibility index (Phi) is 12.8. The molecule has 0 aliphatic heterocycles. The van der Waals surface area contributed by atoms with E-state index in [2.05, 4.69) is 15.6 Å². The number of aliphatic hydroxyl groups is 1. The predicted octanol–water partition coefficient (Wildman–Crippen LogP) is 5.03. The number of para-hydroxylation sites is 1. The molecule has 1 amide bonds. The monoisotopic (exact) mass is 613 g/mol. The fourth-order valence-electron chi connectivity index (χ4n) is 4.18. The molecular formula is C29H35ClF3N3O6. The zero-order valence-corrected chi connectivity index (χ0v) is 24.3. The minimum absolute atomic E-state index is 0.0788. The molecule has 1 heterocycles. The number of halogens is 4. The summed E-state index contributed by atoms with van der Waals surface area (Å²) in [5.41, 5.74) is 3.02. The van der Waals surface area contributed by atoms with Gasteiger partial charge in [0.15, 0.2) is 0 Å². The maximum atomic E-state index is 13.1. The SMILES string of the molecule is COC(=O)[C@H](CC(C)C)NC(=O)c1cccc2c(C[C@@H](C)NC[C@H](O)c3cccc(Cl)c3)c[nH]c12.O=C(O)C(F)(F)F. The van der Waals surface area contributed by atoms with E-state index in [9.17, 15) is 27.9 Å². The van der Waals surface area contributed by atoms with E-state index in [0.717, 1.165) is 22.0 Å². The number of H-pyrrole nitrogens is 1. The number of carbonyl (C=O) groups excluding carboxylic acids is 2. The van der Waals surface area contributed by atoms with Gasteiger partial charge in [0.25, 0.3) is 5.91 Å². The molecule has 3 rings (SSSR count). The minimum atomic E-state index is -5.08. The van der Waals surface area contributed by atoms with Crippen molar-refractivity contribution in [2.75, 3.05) is 13.7 Å². The van der Waals surface area contributed by atoms with Crippen LogP contribution in [0.5, 0.6) is 0 Å². The van der Waals surface area contributed by atoms with Gasteiger partial charge >= 0.3 is 18.1 Å². The summed E-state index contributed by atoms with van der Waals surface area (Å²) in [6, 6.07) is 12.1. The Bertz CT molecular complexity index is 1360. The smallest absolute Gasteiger partial charge is 0.475 e. The Labute approximate surface area is 246 Å². The summed E-state index contributed by atoms with van der Waals surface area (Å²) < 4.78 is 36.6. The number of nitrogens with one attached hydrogen (secondary N) is 3.